The first kappa shape index (κ1) is 14.8. The third kappa shape index (κ3) is 3.36. The van der Waals surface area contributed by atoms with Gasteiger partial charge in [-0.05, 0) is 34.1 Å². The second-order valence-electron chi connectivity index (χ2n) is 5.36. The number of hydrogen-bond donors (Lipinski definition) is 1. The van der Waals surface area contributed by atoms with E-state index >= 15 is 0 Å². The zero-order valence-corrected chi connectivity index (χ0v) is 14.5. The molecule has 0 bridgehead atoms. The van der Waals surface area contributed by atoms with Gasteiger partial charge in [0.05, 0.1) is 21.5 Å². The summed E-state index contributed by atoms with van der Waals surface area (Å²) < 4.78 is 3.26. The zero-order valence-electron chi connectivity index (χ0n) is 12.1. The summed E-state index contributed by atoms with van der Waals surface area (Å²) in [5.41, 5.74) is 2.32. The standard InChI is InChI=1S/C16H18BrN3S/c1-11(2)18-9-14-13-5-3-4-6-15(13)20(19-14)10-12-7-8-16(17)21-12/h3-8,11,18H,9-10H2,1-2H3. The van der Waals surface area contributed by atoms with Crippen molar-refractivity contribution in [2.75, 3.05) is 0 Å². The third-order valence-electron chi connectivity index (χ3n) is 3.35. The smallest absolute Gasteiger partial charge is 0.0841 e. The van der Waals surface area contributed by atoms with Gasteiger partial charge < -0.3 is 5.32 Å². The van der Waals surface area contributed by atoms with Crippen LogP contribution in [0.1, 0.15) is 24.4 Å². The Hall–Kier alpha value is -1.17. The number of nitrogens with one attached hydrogen (secondary N) is 1. The highest BCUT2D eigenvalue weighted by molar-refractivity contribution is 9.11. The molecule has 0 aliphatic heterocycles. The fraction of sp³-hybridized carbons (Fsp3) is 0.312. The molecule has 0 atom stereocenters. The van der Waals surface area contributed by atoms with Gasteiger partial charge in [-0.1, -0.05) is 32.0 Å². The normalized spacial score (nSPS) is 11.6. The Bertz CT molecular complexity index is 745. The van der Waals surface area contributed by atoms with Crippen molar-refractivity contribution in [3.63, 3.8) is 0 Å². The number of rotatable bonds is 5. The molecule has 2 aromatic heterocycles. The van der Waals surface area contributed by atoms with Crippen LogP contribution in [-0.4, -0.2) is 15.8 Å². The van der Waals surface area contributed by atoms with Crippen molar-refractivity contribution < 1.29 is 0 Å². The molecule has 0 amide bonds. The lowest BCUT2D eigenvalue weighted by molar-refractivity contribution is 0.573. The van der Waals surface area contributed by atoms with Gasteiger partial charge in [0.1, 0.15) is 0 Å². The van der Waals surface area contributed by atoms with Gasteiger partial charge in [-0.15, -0.1) is 11.3 Å². The summed E-state index contributed by atoms with van der Waals surface area (Å²) in [5, 5.41) is 9.50. The summed E-state index contributed by atoms with van der Waals surface area (Å²) in [7, 11) is 0. The Labute approximate surface area is 137 Å². The number of fused-ring (bicyclic) bond motifs is 1. The van der Waals surface area contributed by atoms with Crippen LogP contribution in [0.25, 0.3) is 10.9 Å². The number of aromatic nitrogens is 2. The van der Waals surface area contributed by atoms with Crippen LogP contribution in [0.5, 0.6) is 0 Å². The van der Waals surface area contributed by atoms with E-state index in [0.29, 0.717) is 6.04 Å². The highest BCUT2D eigenvalue weighted by Gasteiger charge is 2.11. The van der Waals surface area contributed by atoms with Crippen LogP contribution in [0.2, 0.25) is 0 Å². The minimum atomic E-state index is 0.460. The van der Waals surface area contributed by atoms with E-state index in [1.165, 1.54) is 15.8 Å². The quantitative estimate of drug-likeness (QED) is 0.727. The van der Waals surface area contributed by atoms with Crippen LogP contribution in [0.15, 0.2) is 40.2 Å². The van der Waals surface area contributed by atoms with Crippen molar-refractivity contribution in [1.29, 1.82) is 0 Å². The number of halogens is 1. The van der Waals surface area contributed by atoms with E-state index in [9.17, 15) is 0 Å². The minimum absolute atomic E-state index is 0.460. The van der Waals surface area contributed by atoms with Crippen molar-refractivity contribution in [3.8, 4) is 0 Å². The predicted molar refractivity (Wildman–Crippen MR) is 92.8 cm³/mol. The molecule has 0 saturated carbocycles. The molecule has 0 spiro atoms. The summed E-state index contributed by atoms with van der Waals surface area (Å²) in [6, 6.07) is 13.1. The second kappa shape index (κ2) is 6.30. The SMILES string of the molecule is CC(C)NCc1nn(Cc2ccc(Br)s2)c2ccccc12. The van der Waals surface area contributed by atoms with Crippen molar-refractivity contribution in [2.24, 2.45) is 0 Å². The molecule has 3 nitrogen and oxygen atoms in total. The van der Waals surface area contributed by atoms with Crippen molar-refractivity contribution in [1.82, 2.24) is 15.1 Å². The topological polar surface area (TPSA) is 29.9 Å². The van der Waals surface area contributed by atoms with Crippen LogP contribution in [0, 0.1) is 0 Å². The first-order chi connectivity index (χ1) is 10.1. The molecule has 1 aromatic carbocycles. The van der Waals surface area contributed by atoms with Crippen LogP contribution in [0.4, 0.5) is 0 Å². The number of para-hydroxylation sites is 1. The van der Waals surface area contributed by atoms with Gasteiger partial charge in [0.2, 0.25) is 0 Å². The van der Waals surface area contributed by atoms with E-state index in [4.69, 9.17) is 5.10 Å². The van der Waals surface area contributed by atoms with Gasteiger partial charge in [0.15, 0.2) is 0 Å². The highest BCUT2D eigenvalue weighted by atomic mass is 79.9. The molecule has 5 heteroatoms. The third-order valence-corrected chi connectivity index (χ3v) is 4.96. The molecule has 0 saturated heterocycles. The molecule has 110 valence electrons. The van der Waals surface area contributed by atoms with Crippen molar-refractivity contribution >= 4 is 38.2 Å². The van der Waals surface area contributed by atoms with E-state index in [2.05, 4.69) is 76.2 Å². The van der Waals surface area contributed by atoms with Gasteiger partial charge >= 0.3 is 0 Å². The molecular formula is C16H18BrN3S. The molecular weight excluding hydrogens is 346 g/mol. The van der Waals surface area contributed by atoms with E-state index in [1.807, 2.05) is 0 Å². The van der Waals surface area contributed by atoms with Crippen LogP contribution < -0.4 is 5.32 Å². The average molecular weight is 364 g/mol. The molecule has 0 aliphatic carbocycles. The monoisotopic (exact) mass is 363 g/mol. The lowest BCUT2D eigenvalue weighted by Gasteiger charge is -2.05. The lowest BCUT2D eigenvalue weighted by Crippen LogP contribution is -2.22. The average Bonchev–Trinajstić information content (AvgIpc) is 3.02. The summed E-state index contributed by atoms with van der Waals surface area (Å²) >= 11 is 5.28. The van der Waals surface area contributed by atoms with Crippen molar-refractivity contribution in [3.05, 3.63) is 50.8 Å². The first-order valence-corrected chi connectivity index (χ1v) is 8.66. The van der Waals surface area contributed by atoms with Gasteiger partial charge in [0, 0.05) is 22.8 Å². The molecule has 0 fully saturated rings. The van der Waals surface area contributed by atoms with E-state index in [1.54, 1.807) is 11.3 Å². The van der Waals surface area contributed by atoms with Crippen LogP contribution >= 0.6 is 27.3 Å². The van der Waals surface area contributed by atoms with Crippen LogP contribution in [-0.2, 0) is 13.1 Å². The minimum Gasteiger partial charge on any atom is -0.309 e. The molecule has 0 radical (unpaired) electrons. The maximum atomic E-state index is 4.81. The predicted octanol–water partition coefficient (Wildman–Crippen LogP) is 4.41. The fourth-order valence-corrected chi connectivity index (χ4v) is 3.80. The number of hydrogen-bond acceptors (Lipinski definition) is 3. The Balaban J connectivity index is 1.94. The number of benzene rings is 1. The Kier molecular flexibility index (Phi) is 4.42. The molecule has 0 aliphatic rings. The maximum Gasteiger partial charge on any atom is 0.0841 e. The number of nitrogens with zero attached hydrogens (tertiary/aromatic N) is 2. The first-order valence-electron chi connectivity index (χ1n) is 7.05. The van der Waals surface area contributed by atoms with Gasteiger partial charge in [-0.3, -0.25) is 4.68 Å². The summed E-state index contributed by atoms with van der Waals surface area (Å²) in [6.45, 7) is 5.93. The Morgan fingerprint density at radius 2 is 2.05 bits per heavy atom. The summed E-state index contributed by atoms with van der Waals surface area (Å²) in [6.07, 6.45) is 0. The lowest BCUT2D eigenvalue weighted by atomic mass is 10.2. The van der Waals surface area contributed by atoms with Crippen LogP contribution in [0.3, 0.4) is 0 Å². The zero-order chi connectivity index (χ0) is 14.8. The molecule has 2 heterocycles. The van der Waals surface area contributed by atoms with Crippen molar-refractivity contribution in [2.45, 2.75) is 33.0 Å². The Morgan fingerprint density at radius 3 is 2.76 bits per heavy atom. The molecule has 3 rings (SSSR count). The van der Waals surface area contributed by atoms with E-state index in [-0.39, 0.29) is 0 Å². The van der Waals surface area contributed by atoms with Gasteiger partial charge in [-0.25, -0.2) is 0 Å². The van der Waals surface area contributed by atoms with E-state index in [0.717, 1.165) is 22.6 Å². The molecule has 21 heavy (non-hydrogen) atoms. The molecule has 1 N–H and O–H groups in total. The molecule has 3 aromatic rings. The Morgan fingerprint density at radius 1 is 1.24 bits per heavy atom. The summed E-state index contributed by atoms with van der Waals surface area (Å²) in [4.78, 5) is 1.30. The van der Waals surface area contributed by atoms with E-state index < -0.39 is 0 Å². The summed E-state index contributed by atoms with van der Waals surface area (Å²) in [5.74, 6) is 0. The largest absolute Gasteiger partial charge is 0.309 e. The molecule has 0 unspecified atom stereocenters. The highest BCUT2D eigenvalue weighted by Crippen LogP contribution is 2.25. The second-order valence-corrected chi connectivity index (χ2v) is 7.91. The van der Waals surface area contributed by atoms with Gasteiger partial charge in [-0.2, -0.15) is 5.10 Å². The van der Waals surface area contributed by atoms with Gasteiger partial charge in [0.25, 0.3) is 0 Å². The number of thiophene rings is 1. The maximum absolute atomic E-state index is 4.81. The fourth-order valence-electron chi connectivity index (χ4n) is 2.33.